The zero-order valence-electron chi connectivity index (χ0n) is 21.6. The van der Waals surface area contributed by atoms with Crippen molar-refractivity contribution in [2.24, 2.45) is 0 Å². The Balaban J connectivity index is 1.40. The van der Waals surface area contributed by atoms with Gasteiger partial charge in [-0.1, -0.05) is 24.3 Å². The molecule has 0 saturated carbocycles. The van der Waals surface area contributed by atoms with Crippen molar-refractivity contribution >= 4 is 17.6 Å². The predicted octanol–water partition coefficient (Wildman–Crippen LogP) is 3.51. The maximum Gasteiger partial charge on any atom is 0.306 e. The second kappa shape index (κ2) is 13.2. The lowest BCUT2D eigenvalue weighted by Gasteiger charge is -2.36. The largest absolute Gasteiger partial charge is 0.469 e. The maximum absolute atomic E-state index is 12.5. The Morgan fingerprint density at radius 1 is 0.973 bits per heavy atom. The molecule has 0 aliphatic carbocycles. The van der Waals surface area contributed by atoms with Gasteiger partial charge >= 0.3 is 5.97 Å². The van der Waals surface area contributed by atoms with Gasteiger partial charge in [-0.3, -0.25) is 14.5 Å². The van der Waals surface area contributed by atoms with Gasteiger partial charge in [0.1, 0.15) is 0 Å². The van der Waals surface area contributed by atoms with Gasteiger partial charge in [-0.25, -0.2) is 0 Å². The van der Waals surface area contributed by atoms with Crippen LogP contribution in [0.1, 0.15) is 48.5 Å². The third kappa shape index (κ3) is 7.54. The van der Waals surface area contributed by atoms with Crippen LogP contribution in [-0.2, 0) is 25.7 Å². The number of nitriles is 1. The monoisotopic (exact) mass is 504 g/mol. The maximum atomic E-state index is 12.5. The molecule has 0 aromatic heterocycles. The number of benzene rings is 2. The molecule has 2 heterocycles. The van der Waals surface area contributed by atoms with Crippen molar-refractivity contribution in [3.63, 3.8) is 0 Å². The average Bonchev–Trinajstić information content (AvgIpc) is 3.50. The minimum atomic E-state index is -0.356. The molecule has 8 nitrogen and oxygen atoms in total. The minimum absolute atomic E-state index is 0.00280. The van der Waals surface area contributed by atoms with Crippen LogP contribution in [0.4, 0.5) is 5.69 Å². The molecule has 37 heavy (non-hydrogen) atoms. The van der Waals surface area contributed by atoms with E-state index in [1.165, 1.54) is 25.6 Å². The summed E-state index contributed by atoms with van der Waals surface area (Å²) in [4.78, 5) is 30.5. The van der Waals surface area contributed by atoms with Crippen LogP contribution < -0.4 is 4.90 Å². The molecule has 2 aliphatic rings. The summed E-state index contributed by atoms with van der Waals surface area (Å²) >= 11 is 0. The van der Waals surface area contributed by atoms with E-state index in [1.807, 2.05) is 29.2 Å². The van der Waals surface area contributed by atoms with Crippen LogP contribution in [0, 0.1) is 11.3 Å². The predicted molar refractivity (Wildman–Crippen MR) is 141 cm³/mol. The van der Waals surface area contributed by atoms with Gasteiger partial charge in [0.2, 0.25) is 5.91 Å². The van der Waals surface area contributed by atoms with Crippen LogP contribution >= 0.6 is 0 Å². The number of carbonyl (C=O) groups excluding carboxylic acids is 2. The SMILES string of the molecule is COC(=O)CCC(=O)N1CCN(CC(OCc2ccc(C#N)cc2)c2cccc(N3CCCC3)c2)CC1. The summed E-state index contributed by atoms with van der Waals surface area (Å²) < 4.78 is 11.1. The van der Waals surface area contributed by atoms with E-state index in [-0.39, 0.29) is 30.8 Å². The van der Waals surface area contributed by atoms with Gasteiger partial charge in [0.25, 0.3) is 0 Å². The fourth-order valence-corrected chi connectivity index (χ4v) is 4.91. The Morgan fingerprint density at radius 3 is 2.38 bits per heavy atom. The van der Waals surface area contributed by atoms with Gasteiger partial charge in [0.15, 0.2) is 0 Å². The van der Waals surface area contributed by atoms with Crippen molar-refractivity contribution in [2.75, 3.05) is 57.8 Å². The number of methoxy groups -OCH3 is 1. The van der Waals surface area contributed by atoms with Gasteiger partial charge in [-0.05, 0) is 48.2 Å². The van der Waals surface area contributed by atoms with E-state index in [9.17, 15) is 9.59 Å². The molecule has 1 amide bonds. The Hall–Kier alpha value is -3.41. The first-order valence-electron chi connectivity index (χ1n) is 13.1. The molecular weight excluding hydrogens is 468 g/mol. The van der Waals surface area contributed by atoms with Crippen LogP contribution in [-0.4, -0.2) is 74.6 Å². The highest BCUT2D eigenvalue weighted by molar-refractivity contribution is 5.81. The lowest BCUT2D eigenvalue weighted by atomic mass is 10.1. The van der Waals surface area contributed by atoms with Gasteiger partial charge in [-0.15, -0.1) is 0 Å². The third-order valence-corrected chi connectivity index (χ3v) is 7.17. The van der Waals surface area contributed by atoms with Gasteiger partial charge in [-0.2, -0.15) is 5.26 Å². The van der Waals surface area contributed by atoms with Crippen LogP contribution in [0.2, 0.25) is 0 Å². The first-order valence-corrected chi connectivity index (χ1v) is 13.1. The molecule has 8 heteroatoms. The number of carbonyl (C=O) groups is 2. The van der Waals surface area contributed by atoms with Gasteiger partial charge in [0, 0.05) is 57.9 Å². The molecule has 4 rings (SSSR count). The second-order valence-corrected chi connectivity index (χ2v) is 9.66. The fourth-order valence-electron chi connectivity index (χ4n) is 4.91. The first-order chi connectivity index (χ1) is 18.1. The molecule has 196 valence electrons. The lowest BCUT2D eigenvalue weighted by molar-refractivity contribution is -0.144. The number of nitrogens with zero attached hydrogens (tertiary/aromatic N) is 4. The van der Waals surface area contributed by atoms with Crippen molar-refractivity contribution in [1.82, 2.24) is 9.80 Å². The average molecular weight is 505 g/mol. The summed E-state index contributed by atoms with van der Waals surface area (Å²) in [6.45, 7) is 6.14. The van der Waals surface area contributed by atoms with Crippen molar-refractivity contribution in [3.8, 4) is 6.07 Å². The molecule has 2 fully saturated rings. The van der Waals surface area contributed by atoms with E-state index in [4.69, 9.17) is 10.00 Å². The van der Waals surface area contributed by atoms with Crippen LogP contribution in [0.5, 0.6) is 0 Å². The van der Waals surface area contributed by atoms with E-state index in [2.05, 4.69) is 44.9 Å². The fraction of sp³-hybridized carbons (Fsp3) is 0.483. The van der Waals surface area contributed by atoms with Crippen LogP contribution in [0.15, 0.2) is 48.5 Å². The smallest absolute Gasteiger partial charge is 0.306 e. The summed E-state index contributed by atoms with van der Waals surface area (Å²) in [7, 11) is 1.34. The first kappa shape index (κ1) is 26.6. The van der Waals surface area contributed by atoms with E-state index in [0.29, 0.717) is 25.3 Å². The summed E-state index contributed by atoms with van der Waals surface area (Å²) in [5.41, 5.74) is 4.05. The number of rotatable bonds is 10. The van der Waals surface area contributed by atoms with E-state index in [1.54, 1.807) is 0 Å². The highest BCUT2D eigenvalue weighted by Crippen LogP contribution is 2.27. The molecule has 2 aliphatic heterocycles. The van der Waals surface area contributed by atoms with Crippen LogP contribution in [0.3, 0.4) is 0 Å². The highest BCUT2D eigenvalue weighted by Gasteiger charge is 2.25. The molecule has 2 aromatic rings. The summed E-state index contributed by atoms with van der Waals surface area (Å²) in [5, 5.41) is 9.08. The molecule has 0 bridgehead atoms. The summed E-state index contributed by atoms with van der Waals surface area (Å²) in [6, 6.07) is 18.3. The van der Waals surface area contributed by atoms with Crippen molar-refractivity contribution in [1.29, 1.82) is 5.26 Å². The molecule has 1 atom stereocenters. The zero-order chi connectivity index (χ0) is 26.0. The normalized spacial score (nSPS) is 16.9. The number of esters is 1. The number of piperazine rings is 1. The number of hydrogen-bond acceptors (Lipinski definition) is 7. The third-order valence-electron chi connectivity index (χ3n) is 7.17. The molecule has 0 N–H and O–H groups in total. The Bertz CT molecular complexity index is 1080. The van der Waals surface area contributed by atoms with E-state index >= 15 is 0 Å². The number of hydrogen-bond donors (Lipinski definition) is 0. The highest BCUT2D eigenvalue weighted by atomic mass is 16.5. The van der Waals surface area contributed by atoms with Crippen LogP contribution in [0.25, 0.3) is 0 Å². The van der Waals surface area contributed by atoms with Crippen molar-refractivity contribution < 1.29 is 19.1 Å². The Labute approximate surface area is 219 Å². The molecule has 1 unspecified atom stereocenters. The van der Waals surface area contributed by atoms with E-state index in [0.717, 1.165) is 43.9 Å². The molecule has 0 spiro atoms. The van der Waals surface area contributed by atoms with E-state index < -0.39 is 0 Å². The molecular formula is C29H36N4O4. The molecule has 2 saturated heterocycles. The number of amides is 1. The minimum Gasteiger partial charge on any atom is -0.469 e. The number of ether oxygens (including phenoxy) is 2. The second-order valence-electron chi connectivity index (χ2n) is 9.66. The molecule has 2 aromatic carbocycles. The Kier molecular flexibility index (Phi) is 9.52. The summed E-state index contributed by atoms with van der Waals surface area (Å²) in [6.07, 6.45) is 2.64. The van der Waals surface area contributed by atoms with Gasteiger partial charge < -0.3 is 19.3 Å². The van der Waals surface area contributed by atoms with Gasteiger partial charge in [0.05, 0.1) is 37.9 Å². The summed E-state index contributed by atoms with van der Waals surface area (Å²) in [5.74, 6) is -0.359. The van der Waals surface area contributed by atoms with Crippen molar-refractivity contribution in [3.05, 3.63) is 65.2 Å². The quantitative estimate of drug-likeness (QED) is 0.458. The topological polar surface area (TPSA) is 86.1 Å². The van der Waals surface area contributed by atoms with Crippen molar-refractivity contribution in [2.45, 2.75) is 38.4 Å². The molecule has 0 radical (unpaired) electrons. The standard InChI is InChI=1S/C29H36N4O4/c1-36-29(35)12-11-28(34)33-17-15-31(16-18-33)21-27(37-22-24-9-7-23(20-30)8-10-24)25-5-4-6-26(19-25)32-13-2-3-14-32/h4-10,19,27H,2-3,11-18,21-22H2,1H3. The Morgan fingerprint density at radius 2 is 1.70 bits per heavy atom. The lowest BCUT2D eigenvalue weighted by Crippen LogP contribution is -2.49. The zero-order valence-corrected chi connectivity index (χ0v) is 21.6. The number of anilines is 1.